The van der Waals surface area contributed by atoms with Crippen LogP contribution in [0.4, 0.5) is 0 Å². The van der Waals surface area contributed by atoms with E-state index in [2.05, 4.69) is 15.9 Å². The Bertz CT molecular complexity index is 245. The average Bonchev–Trinajstić information content (AvgIpc) is 2.05. The highest BCUT2D eigenvalue weighted by Crippen LogP contribution is 2.25. The van der Waals surface area contributed by atoms with Crippen molar-refractivity contribution in [3.8, 4) is 5.75 Å². The first-order valence-corrected chi connectivity index (χ1v) is 4.20. The summed E-state index contributed by atoms with van der Waals surface area (Å²) >= 11 is 3.38. The van der Waals surface area contributed by atoms with Gasteiger partial charge in [0.1, 0.15) is 5.75 Å². The van der Waals surface area contributed by atoms with E-state index in [4.69, 9.17) is 4.74 Å². The molecular weight excluding hydrogens is 204 g/mol. The van der Waals surface area contributed by atoms with Crippen molar-refractivity contribution >= 4 is 15.9 Å². The molecule has 0 N–H and O–H groups in total. The largest absolute Gasteiger partial charge is 0.496 e. The molecule has 0 saturated carbocycles. The molecule has 1 aromatic carbocycles. The van der Waals surface area contributed by atoms with Gasteiger partial charge in [0.15, 0.2) is 0 Å². The Balaban J connectivity index is 3.02. The average molecular weight is 214 g/mol. The van der Waals surface area contributed by atoms with Crippen molar-refractivity contribution in [2.45, 2.75) is 6.92 Å². The summed E-state index contributed by atoms with van der Waals surface area (Å²) in [6, 6.07) is 6.00. The van der Waals surface area contributed by atoms with Gasteiger partial charge in [0.25, 0.3) is 0 Å². The lowest BCUT2D eigenvalue weighted by atomic mass is 10.2. The van der Waals surface area contributed by atoms with Gasteiger partial charge in [-0.15, -0.1) is 0 Å². The molecule has 0 spiro atoms. The number of hydrogen-bond acceptors (Lipinski definition) is 1. The Morgan fingerprint density at radius 2 is 2.18 bits per heavy atom. The van der Waals surface area contributed by atoms with Crippen molar-refractivity contribution < 1.29 is 4.74 Å². The summed E-state index contributed by atoms with van der Waals surface area (Å²) in [5.74, 6) is 0.876. The van der Waals surface area contributed by atoms with E-state index in [1.807, 2.05) is 31.5 Å². The van der Waals surface area contributed by atoms with Gasteiger partial charge in [0.2, 0.25) is 0 Å². The van der Waals surface area contributed by atoms with Crippen LogP contribution in [0.25, 0.3) is 0 Å². The van der Waals surface area contributed by atoms with Crippen LogP contribution in [0, 0.1) is 6.42 Å². The fourth-order valence-electron chi connectivity index (χ4n) is 0.856. The van der Waals surface area contributed by atoms with Gasteiger partial charge in [-0.2, -0.15) is 0 Å². The van der Waals surface area contributed by atoms with Gasteiger partial charge in [-0.1, -0.05) is 13.0 Å². The number of rotatable bonds is 2. The summed E-state index contributed by atoms with van der Waals surface area (Å²) in [6.45, 7) is 2.00. The predicted molar refractivity (Wildman–Crippen MR) is 49.8 cm³/mol. The maximum Gasteiger partial charge on any atom is 0.133 e. The summed E-state index contributed by atoms with van der Waals surface area (Å²) in [4.78, 5) is 0. The molecule has 1 radical (unpaired) electrons. The molecule has 0 saturated heterocycles. The standard InChI is InChI=1S/C9H10BrO/c1-3-7-4-5-8(10)9(6-7)11-2/h3-6H,1-2H3. The second-order valence-electron chi connectivity index (χ2n) is 2.18. The molecule has 1 rings (SSSR count). The number of methoxy groups -OCH3 is 1. The molecular formula is C9H10BrO. The van der Waals surface area contributed by atoms with E-state index in [1.54, 1.807) is 7.11 Å². The first kappa shape index (κ1) is 8.60. The SMILES string of the molecule is C[CH]c1ccc(Br)c(OC)c1. The molecule has 0 aliphatic heterocycles. The van der Waals surface area contributed by atoms with Crippen molar-refractivity contribution in [1.82, 2.24) is 0 Å². The van der Waals surface area contributed by atoms with Gasteiger partial charge in [0.05, 0.1) is 11.6 Å². The zero-order valence-electron chi connectivity index (χ0n) is 6.60. The van der Waals surface area contributed by atoms with Crippen molar-refractivity contribution in [3.05, 3.63) is 34.7 Å². The number of benzene rings is 1. The highest BCUT2D eigenvalue weighted by atomic mass is 79.9. The van der Waals surface area contributed by atoms with Crippen LogP contribution in [0.15, 0.2) is 22.7 Å². The highest BCUT2D eigenvalue weighted by Gasteiger charge is 1.98. The zero-order chi connectivity index (χ0) is 8.27. The molecule has 0 amide bonds. The van der Waals surface area contributed by atoms with Crippen LogP contribution in [-0.4, -0.2) is 7.11 Å². The Morgan fingerprint density at radius 1 is 1.45 bits per heavy atom. The molecule has 0 bridgehead atoms. The van der Waals surface area contributed by atoms with Crippen molar-refractivity contribution in [3.63, 3.8) is 0 Å². The third-order valence-corrected chi connectivity index (χ3v) is 2.16. The minimum atomic E-state index is 0.876. The lowest BCUT2D eigenvalue weighted by Crippen LogP contribution is -1.85. The van der Waals surface area contributed by atoms with Gasteiger partial charge in [-0.3, -0.25) is 0 Å². The van der Waals surface area contributed by atoms with Crippen LogP contribution in [0.5, 0.6) is 5.75 Å². The minimum Gasteiger partial charge on any atom is -0.496 e. The van der Waals surface area contributed by atoms with Gasteiger partial charge in [-0.25, -0.2) is 0 Å². The molecule has 0 aliphatic carbocycles. The molecule has 59 valence electrons. The maximum atomic E-state index is 5.12. The summed E-state index contributed by atoms with van der Waals surface area (Å²) in [5.41, 5.74) is 1.17. The van der Waals surface area contributed by atoms with Crippen LogP contribution in [0.1, 0.15) is 12.5 Å². The molecule has 1 nitrogen and oxygen atoms in total. The summed E-state index contributed by atoms with van der Waals surface area (Å²) in [7, 11) is 1.67. The van der Waals surface area contributed by atoms with Crippen LogP contribution < -0.4 is 4.74 Å². The predicted octanol–water partition coefficient (Wildman–Crippen LogP) is 3.03. The Labute approximate surface area is 75.5 Å². The topological polar surface area (TPSA) is 9.23 Å². The summed E-state index contributed by atoms with van der Waals surface area (Å²) < 4.78 is 6.11. The fourth-order valence-corrected chi connectivity index (χ4v) is 1.26. The third kappa shape index (κ3) is 1.96. The highest BCUT2D eigenvalue weighted by molar-refractivity contribution is 9.10. The molecule has 2 heteroatoms. The third-order valence-electron chi connectivity index (χ3n) is 1.51. The number of ether oxygens (including phenoxy) is 1. The smallest absolute Gasteiger partial charge is 0.133 e. The normalized spacial score (nSPS) is 9.73. The van der Waals surface area contributed by atoms with E-state index in [1.165, 1.54) is 5.56 Å². The van der Waals surface area contributed by atoms with E-state index >= 15 is 0 Å². The van der Waals surface area contributed by atoms with Crippen molar-refractivity contribution in [1.29, 1.82) is 0 Å². The maximum absolute atomic E-state index is 5.12. The monoisotopic (exact) mass is 213 g/mol. The Hall–Kier alpha value is -0.500. The van der Waals surface area contributed by atoms with Crippen LogP contribution in [0.3, 0.4) is 0 Å². The molecule has 0 atom stereocenters. The van der Waals surface area contributed by atoms with Crippen LogP contribution in [0.2, 0.25) is 0 Å². The Kier molecular flexibility index (Phi) is 2.94. The van der Waals surface area contributed by atoms with E-state index in [0.717, 1.165) is 10.2 Å². The second kappa shape index (κ2) is 3.77. The summed E-state index contributed by atoms with van der Waals surface area (Å²) in [5, 5.41) is 0. The van der Waals surface area contributed by atoms with E-state index < -0.39 is 0 Å². The first-order valence-electron chi connectivity index (χ1n) is 3.41. The number of halogens is 1. The van der Waals surface area contributed by atoms with Crippen molar-refractivity contribution in [2.24, 2.45) is 0 Å². The van der Waals surface area contributed by atoms with Gasteiger partial charge in [-0.05, 0) is 40.0 Å². The molecule has 11 heavy (non-hydrogen) atoms. The van der Waals surface area contributed by atoms with E-state index in [0.29, 0.717) is 0 Å². The van der Waals surface area contributed by atoms with Crippen LogP contribution >= 0.6 is 15.9 Å². The first-order chi connectivity index (χ1) is 5.27. The van der Waals surface area contributed by atoms with Crippen LogP contribution in [-0.2, 0) is 0 Å². The molecule has 0 aliphatic rings. The lowest BCUT2D eigenvalue weighted by Gasteiger charge is -2.03. The molecule has 0 heterocycles. The lowest BCUT2D eigenvalue weighted by molar-refractivity contribution is 0.412. The Morgan fingerprint density at radius 3 is 2.73 bits per heavy atom. The number of hydrogen-bond donors (Lipinski definition) is 0. The van der Waals surface area contributed by atoms with E-state index in [-0.39, 0.29) is 0 Å². The zero-order valence-corrected chi connectivity index (χ0v) is 8.18. The minimum absolute atomic E-state index is 0.876. The second-order valence-corrected chi connectivity index (χ2v) is 3.04. The quantitative estimate of drug-likeness (QED) is 0.735. The molecule has 1 aromatic rings. The molecule has 0 fully saturated rings. The van der Waals surface area contributed by atoms with E-state index in [9.17, 15) is 0 Å². The van der Waals surface area contributed by atoms with Gasteiger partial charge in [0, 0.05) is 0 Å². The van der Waals surface area contributed by atoms with Gasteiger partial charge >= 0.3 is 0 Å². The van der Waals surface area contributed by atoms with Crippen molar-refractivity contribution in [2.75, 3.05) is 7.11 Å². The fraction of sp³-hybridized carbons (Fsp3) is 0.222. The molecule has 0 aromatic heterocycles. The molecule has 0 unspecified atom stereocenters. The summed E-state index contributed by atoms with van der Waals surface area (Å²) in [6.07, 6.45) is 2.04. The van der Waals surface area contributed by atoms with Gasteiger partial charge < -0.3 is 4.74 Å².